The fourth-order valence-corrected chi connectivity index (χ4v) is 1.73. The van der Waals surface area contributed by atoms with E-state index in [2.05, 4.69) is 5.32 Å². The number of nitrogens with one attached hydrogen (secondary N) is 1. The molecule has 0 aliphatic heterocycles. The number of halogens is 1. The quantitative estimate of drug-likeness (QED) is 0.788. The normalized spacial score (nSPS) is 9.92. The van der Waals surface area contributed by atoms with Gasteiger partial charge in [0, 0.05) is 5.69 Å². The van der Waals surface area contributed by atoms with E-state index in [1.807, 2.05) is 0 Å². The van der Waals surface area contributed by atoms with Crippen molar-refractivity contribution in [2.45, 2.75) is 0 Å². The maximum Gasteiger partial charge on any atom is 0.344 e. The lowest BCUT2D eigenvalue weighted by atomic mass is 10.3. The maximum absolute atomic E-state index is 12.7. The fraction of sp³-hybridized carbons (Fsp3) is 0.176. The highest BCUT2D eigenvalue weighted by Crippen LogP contribution is 2.16. The predicted molar refractivity (Wildman–Crippen MR) is 84.5 cm³/mol. The molecule has 1 amide bonds. The standard InChI is InChI=1S/C17H16FNO5/c1-22-14-6-8-15(9-7-14)23-11-17(21)24-10-16(20)19-13-4-2-12(18)3-5-13/h2-9H,10-11H2,1H3,(H,19,20). The van der Waals surface area contributed by atoms with Crippen LogP contribution in [0.15, 0.2) is 48.5 Å². The van der Waals surface area contributed by atoms with Crippen LogP contribution in [-0.4, -0.2) is 32.2 Å². The molecule has 1 N–H and O–H groups in total. The van der Waals surface area contributed by atoms with E-state index in [4.69, 9.17) is 14.2 Å². The molecule has 0 fully saturated rings. The van der Waals surface area contributed by atoms with Crippen molar-refractivity contribution in [2.24, 2.45) is 0 Å². The van der Waals surface area contributed by atoms with Crippen LogP contribution >= 0.6 is 0 Å². The molecule has 0 aliphatic carbocycles. The maximum atomic E-state index is 12.7. The first-order valence-corrected chi connectivity index (χ1v) is 7.05. The Morgan fingerprint density at radius 2 is 1.58 bits per heavy atom. The van der Waals surface area contributed by atoms with E-state index in [0.717, 1.165) is 0 Å². The summed E-state index contributed by atoms with van der Waals surface area (Å²) >= 11 is 0. The molecule has 0 aliphatic rings. The molecule has 6 nitrogen and oxygen atoms in total. The largest absolute Gasteiger partial charge is 0.497 e. The Morgan fingerprint density at radius 3 is 2.21 bits per heavy atom. The average molecular weight is 333 g/mol. The molecule has 126 valence electrons. The number of methoxy groups -OCH3 is 1. The van der Waals surface area contributed by atoms with Gasteiger partial charge in [0.05, 0.1) is 7.11 Å². The third-order valence-corrected chi connectivity index (χ3v) is 2.91. The number of rotatable bonds is 7. The second kappa shape index (κ2) is 8.52. The summed E-state index contributed by atoms with van der Waals surface area (Å²) in [5.74, 6) is -0.472. The van der Waals surface area contributed by atoms with E-state index in [9.17, 15) is 14.0 Å². The SMILES string of the molecule is COc1ccc(OCC(=O)OCC(=O)Nc2ccc(F)cc2)cc1. The van der Waals surface area contributed by atoms with Gasteiger partial charge >= 0.3 is 5.97 Å². The van der Waals surface area contributed by atoms with Crippen LogP contribution < -0.4 is 14.8 Å². The molecule has 0 spiro atoms. The van der Waals surface area contributed by atoms with Gasteiger partial charge in [0.15, 0.2) is 13.2 Å². The van der Waals surface area contributed by atoms with Gasteiger partial charge in [0.25, 0.3) is 5.91 Å². The first-order valence-electron chi connectivity index (χ1n) is 7.05. The van der Waals surface area contributed by atoms with E-state index < -0.39 is 24.3 Å². The molecule has 7 heteroatoms. The second-order valence-electron chi connectivity index (χ2n) is 4.68. The molecule has 2 aromatic rings. The van der Waals surface area contributed by atoms with E-state index in [1.165, 1.54) is 24.3 Å². The molecule has 24 heavy (non-hydrogen) atoms. The van der Waals surface area contributed by atoms with Gasteiger partial charge in [-0.1, -0.05) is 0 Å². The van der Waals surface area contributed by atoms with Crippen molar-refractivity contribution in [3.8, 4) is 11.5 Å². The van der Waals surface area contributed by atoms with Gasteiger partial charge in [-0.05, 0) is 48.5 Å². The van der Waals surface area contributed by atoms with Crippen LogP contribution in [0.2, 0.25) is 0 Å². The molecule has 0 atom stereocenters. The van der Waals surface area contributed by atoms with Crippen molar-refractivity contribution in [3.05, 3.63) is 54.3 Å². The number of anilines is 1. The highest BCUT2D eigenvalue weighted by molar-refractivity contribution is 5.92. The second-order valence-corrected chi connectivity index (χ2v) is 4.68. The zero-order valence-electron chi connectivity index (χ0n) is 13.0. The van der Waals surface area contributed by atoms with E-state index in [1.54, 1.807) is 31.4 Å². The third-order valence-electron chi connectivity index (χ3n) is 2.91. The molecule has 0 unspecified atom stereocenters. The van der Waals surface area contributed by atoms with Gasteiger partial charge in [-0.25, -0.2) is 9.18 Å². The Balaban J connectivity index is 1.70. The van der Waals surface area contributed by atoms with Crippen molar-refractivity contribution < 1.29 is 28.2 Å². The monoisotopic (exact) mass is 333 g/mol. The molecular weight excluding hydrogens is 317 g/mol. The Labute approximate surface area is 138 Å². The van der Waals surface area contributed by atoms with Crippen molar-refractivity contribution in [1.29, 1.82) is 0 Å². The minimum atomic E-state index is -0.680. The Morgan fingerprint density at radius 1 is 0.958 bits per heavy atom. The lowest BCUT2D eigenvalue weighted by Gasteiger charge is -2.08. The van der Waals surface area contributed by atoms with Gasteiger partial charge in [-0.2, -0.15) is 0 Å². The molecule has 2 aromatic carbocycles. The highest BCUT2D eigenvalue weighted by Gasteiger charge is 2.09. The summed E-state index contributed by atoms with van der Waals surface area (Å²) in [6.07, 6.45) is 0. The average Bonchev–Trinajstić information content (AvgIpc) is 2.60. The first kappa shape index (κ1) is 17.3. The number of hydrogen-bond acceptors (Lipinski definition) is 5. The van der Waals surface area contributed by atoms with Gasteiger partial charge in [-0.3, -0.25) is 4.79 Å². The number of esters is 1. The molecule has 2 rings (SSSR count). The van der Waals surface area contributed by atoms with Crippen LogP contribution in [0.1, 0.15) is 0 Å². The molecular formula is C17H16FNO5. The molecule has 0 saturated carbocycles. The lowest BCUT2D eigenvalue weighted by molar-refractivity contribution is -0.149. The van der Waals surface area contributed by atoms with Crippen LogP contribution in [0.25, 0.3) is 0 Å². The van der Waals surface area contributed by atoms with Gasteiger partial charge in [0.2, 0.25) is 0 Å². The van der Waals surface area contributed by atoms with E-state index in [0.29, 0.717) is 17.2 Å². The van der Waals surface area contributed by atoms with E-state index >= 15 is 0 Å². The minimum Gasteiger partial charge on any atom is -0.497 e. The minimum absolute atomic E-state index is 0.323. The number of carbonyl (C=O) groups is 2. The summed E-state index contributed by atoms with van der Waals surface area (Å²) in [7, 11) is 1.55. The number of ether oxygens (including phenoxy) is 3. The van der Waals surface area contributed by atoms with Gasteiger partial charge in [-0.15, -0.1) is 0 Å². The summed E-state index contributed by atoms with van der Waals surface area (Å²) in [6, 6.07) is 11.9. The summed E-state index contributed by atoms with van der Waals surface area (Å²) < 4.78 is 27.8. The van der Waals surface area contributed by atoms with Crippen LogP contribution in [0, 0.1) is 5.82 Å². The molecule has 0 saturated heterocycles. The van der Waals surface area contributed by atoms with Crippen molar-refractivity contribution in [1.82, 2.24) is 0 Å². The zero-order valence-corrected chi connectivity index (χ0v) is 13.0. The Kier molecular flexibility index (Phi) is 6.13. The van der Waals surface area contributed by atoms with Crippen LogP contribution in [0.3, 0.4) is 0 Å². The number of hydrogen-bond donors (Lipinski definition) is 1. The summed E-state index contributed by atoms with van der Waals surface area (Å²) in [5, 5.41) is 2.47. The van der Waals surface area contributed by atoms with Crippen LogP contribution in [0.5, 0.6) is 11.5 Å². The summed E-state index contributed by atoms with van der Waals surface area (Å²) in [5.41, 5.74) is 0.409. The van der Waals surface area contributed by atoms with Crippen molar-refractivity contribution >= 4 is 17.6 Å². The molecule has 0 heterocycles. The number of benzene rings is 2. The van der Waals surface area contributed by atoms with E-state index in [-0.39, 0.29) is 6.61 Å². The lowest BCUT2D eigenvalue weighted by Crippen LogP contribution is -2.23. The number of carbonyl (C=O) groups excluding carboxylic acids is 2. The fourth-order valence-electron chi connectivity index (χ4n) is 1.73. The summed E-state index contributed by atoms with van der Waals surface area (Å²) in [6.45, 7) is -0.779. The Hall–Kier alpha value is -3.09. The van der Waals surface area contributed by atoms with Crippen molar-refractivity contribution in [3.63, 3.8) is 0 Å². The number of amides is 1. The zero-order chi connectivity index (χ0) is 17.4. The Bertz CT molecular complexity index is 685. The predicted octanol–water partition coefficient (Wildman–Crippen LogP) is 2.40. The molecule has 0 aromatic heterocycles. The first-order chi connectivity index (χ1) is 11.6. The topological polar surface area (TPSA) is 73.9 Å². The van der Waals surface area contributed by atoms with Crippen LogP contribution in [0.4, 0.5) is 10.1 Å². The van der Waals surface area contributed by atoms with Crippen molar-refractivity contribution in [2.75, 3.05) is 25.6 Å². The van der Waals surface area contributed by atoms with Crippen LogP contribution in [-0.2, 0) is 14.3 Å². The highest BCUT2D eigenvalue weighted by atomic mass is 19.1. The summed E-state index contributed by atoms with van der Waals surface area (Å²) in [4.78, 5) is 23.1. The molecule has 0 radical (unpaired) electrons. The molecule has 0 bridgehead atoms. The van der Waals surface area contributed by atoms with Gasteiger partial charge in [0.1, 0.15) is 17.3 Å². The van der Waals surface area contributed by atoms with Gasteiger partial charge < -0.3 is 19.5 Å². The third kappa shape index (κ3) is 5.60. The smallest absolute Gasteiger partial charge is 0.344 e.